The molecule has 1 aliphatic rings. The molecule has 6 heteroatoms. The van der Waals surface area contributed by atoms with Gasteiger partial charge in [-0.3, -0.25) is 4.79 Å². The van der Waals surface area contributed by atoms with Crippen LogP contribution < -0.4 is 15.0 Å². The topological polar surface area (TPSA) is 50.8 Å². The third-order valence-electron chi connectivity index (χ3n) is 3.91. The first-order chi connectivity index (χ1) is 11.7. The number of morpholine rings is 1. The minimum Gasteiger partial charge on any atom is -0.497 e. The van der Waals surface area contributed by atoms with E-state index in [4.69, 9.17) is 9.47 Å². The molecule has 3 rings (SSSR count). The summed E-state index contributed by atoms with van der Waals surface area (Å²) in [5.41, 5.74) is 2.32. The van der Waals surface area contributed by atoms with Gasteiger partial charge in [0.15, 0.2) is 0 Å². The lowest BCUT2D eigenvalue weighted by atomic mass is 10.1. The molecule has 24 heavy (non-hydrogen) atoms. The molecule has 1 fully saturated rings. The summed E-state index contributed by atoms with van der Waals surface area (Å²) in [5, 5.41) is 3.00. The Morgan fingerprint density at radius 2 is 1.88 bits per heavy atom. The van der Waals surface area contributed by atoms with Gasteiger partial charge in [-0.2, -0.15) is 0 Å². The van der Waals surface area contributed by atoms with Crippen LogP contribution in [0, 0.1) is 0 Å². The SMILES string of the molecule is COc1ccc(N2CCOCC2)c(NC(=O)c2ccc(Br)cc2)c1. The summed E-state index contributed by atoms with van der Waals surface area (Å²) in [5.74, 6) is 0.559. The molecule has 1 saturated heterocycles. The lowest BCUT2D eigenvalue weighted by Gasteiger charge is -2.30. The van der Waals surface area contributed by atoms with Crippen molar-refractivity contribution in [2.45, 2.75) is 0 Å². The Morgan fingerprint density at radius 1 is 1.17 bits per heavy atom. The summed E-state index contributed by atoms with van der Waals surface area (Å²) in [4.78, 5) is 14.8. The average molecular weight is 391 g/mol. The number of hydrogen-bond donors (Lipinski definition) is 1. The molecule has 0 spiro atoms. The summed E-state index contributed by atoms with van der Waals surface area (Å²) in [6.07, 6.45) is 0. The van der Waals surface area contributed by atoms with Crippen LogP contribution in [0.25, 0.3) is 0 Å². The maximum atomic E-state index is 12.5. The quantitative estimate of drug-likeness (QED) is 0.866. The number of carbonyl (C=O) groups excluding carboxylic acids is 1. The third-order valence-corrected chi connectivity index (χ3v) is 4.44. The van der Waals surface area contributed by atoms with Gasteiger partial charge in [-0.25, -0.2) is 0 Å². The van der Waals surface area contributed by atoms with Gasteiger partial charge < -0.3 is 19.7 Å². The van der Waals surface area contributed by atoms with Gasteiger partial charge in [-0.1, -0.05) is 15.9 Å². The number of nitrogens with one attached hydrogen (secondary N) is 1. The highest BCUT2D eigenvalue weighted by molar-refractivity contribution is 9.10. The van der Waals surface area contributed by atoms with Crippen LogP contribution in [0.15, 0.2) is 46.9 Å². The summed E-state index contributed by atoms with van der Waals surface area (Å²) in [7, 11) is 1.62. The fraction of sp³-hybridized carbons (Fsp3) is 0.278. The standard InChI is InChI=1S/C18H19BrN2O3/c1-23-15-6-7-17(21-8-10-24-11-9-21)16(12-15)20-18(22)13-2-4-14(19)5-3-13/h2-7,12H,8-11H2,1H3,(H,20,22). The smallest absolute Gasteiger partial charge is 0.255 e. The van der Waals surface area contributed by atoms with Crippen LogP contribution in [0.5, 0.6) is 5.75 Å². The van der Waals surface area contributed by atoms with Crippen LogP contribution in [0.3, 0.4) is 0 Å². The maximum Gasteiger partial charge on any atom is 0.255 e. The Balaban J connectivity index is 1.86. The Morgan fingerprint density at radius 3 is 2.54 bits per heavy atom. The molecule has 0 radical (unpaired) electrons. The largest absolute Gasteiger partial charge is 0.497 e. The van der Waals surface area contributed by atoms with Gasteiger partial charge in [0.2, 0.25) is 0 Å². The monoisotopic (exact) mass is 390 g/mol. The van der Waals surface area contributed by atoms with Crippen molar-refractivity contribution >= 4 is 33.2 Å². The minimum absolute atomic E-state index is 0.148. The number of halogens is 1. The first-order valence-electron chi connectivity index (χ1n) is 7.75. The lowest BCUT2D eigenvalue weighted by Crippen LogP contribution is -2.36. The van der Waals surface area contributed by atoms with Gasteiger partial charge in [0.1, 0.15) is 5.75 Å². The van der Waals surface area contributed by atoms with Crippen molar-refractivity contribution in [2.24, 2.45) is 0 Å². The zero-order chi connectivity index (χ0) is 16.9. The van der Waals surface area contributed by atoms with Gasteiger partial charge in [0.05, 0.1) is 31.7 Å². The first kappa shape index (κ1) is 16.8. The van der Waals surface area contributed by atoms with Crippen molar-refractivity contribution in [2.75, 3.05) is 43.6 Å². The summed E-state index contributed by atoms with van der Waals surface area (Å²) < 4.78 is 11.6. The fourth-order valence-electron chi connectivity index (χ4n) is 2.62. The summed E-state index contributed by atoms with van der Waals surface area (Å²) in [6.45, 7) is 2.97. The van der Waals surface area contributed by atoms with E-state index in [1.807, 2.05) is 30.3 Å². The number of nitrogens with zero attached hydrogens (tertiary/aromatic N) is 1. The van der Waals surface area contributed by atoms with Gasteiger partial charge >= 0.3 is 0 Å². The van der Waals surface area contributed by atoms with E-state index in [2.05, 4.69) is 26.1 Å². The van der Waals surface area contributed by atoms with E-state index in [0.29, 0.717) is 24.5 Å². The Hall–Kier alpha value is -2.05. The number of methoxy groups -OCH3 is 1. The highest BCUT2D eigenvalue weighted by Gasteiger charge is 2.17. The first-order valence-corrected chi connectivity index (χ1v) is 8.54. The van der Waals surface area contributed by atoms with E-state index >= 15 is 0 Å². The third kappa shape index (κ3) is 3.88. The van der Waals surface area contributed by atoms with Crippen molar-refractivity contribution in [3.05, 3.63) is 52.5 Å². The Bertz CT molecular complexity index is 713. The Labute approximate surface area is 149 Å². The van der Waals surface area contributed by atoms with Gasteiger partial charge in [-0.05, 0) is 36.4 Å². The Kier molecular flexibility index (Phi) is 5.37. The predicted molar refractivity (Wildman–Crippen MR) is 98.1 cm³/mol. The molecule has 1 amide bonds. The molecule has 5 nitrogen and oxygen atoms in total. The average Bonchev–Trinajstić information content (AvgIpc) is 2.63. The molecule has 0 atom stereocenters. The molecule has 0 aromatic heterocycles. The number of anilines is 2. The normalized spacial score (nSPS) is 14.3. The van der Waals surface area contributed by atoms with Gasteiger partial charge in [0.25, 0.3) is 5.91 Å². The molecule has 1 N–H and O–H groups in total. The van der Waals surface area contributed by atoms with Crippen molar-refractivity contribution in [3.63, 3.8) is 0 Å². The van der Waals surface area contributed by atoms with E-state index in [0.717, 1.165) is 28.9 Å². The zero-order valence-electron chi connectivity index (χ0n) is 13.4. The lowest BCUT2D eigenvalue weighted by molar-refractivity contribution is 0.102. The second-order valence-corrected chi connectivity index (χ2v) is 6.36. The van der Waals surface area contributed by atoms with E-state index in [1.165, 1.54) is 0 Å². The summed E-state index contributed by atoms with van der Waals surface area (Å²) >= 11 is 3.38. The van der Waals surface area contributed by atoms with Crippen molar-refractivity contribution in [3.8, 4) is 5.75 Å². The van der Waals surface area contributed by atoms with Crippen molar-refractivity contribution in [1.29, 1.82) is 0 Å². The van der Waals surface area contributed by atoms with E-state index < -0.39 is 0 Å². The molecule has 126 valence electrons. The predicted octanol–water partition coefficient (Wildman–Crippen LogP) is 3.55. The molecule has 1 heterocycles. The number of carbonyl (C=O) groups is 1. The van der Waals surface area contributed by atoms with E-state index in [-0.39, 0.29) is 5.91 Å². The van der Waals surface area contributed by atoms with Crippen LogP contribution in [-0.2, 0) is 4.74 Å². The second kappa shape index (κ2) is 7.68. The molecule has 0 aliphatic carbocycles. The zero-order valence-corrected chi connectivity index (χ0v) is 15.0. The van der Waals surface area contributed by atoms with E-state index in [1.54, 1.807) is 19.2 Å². The molecule has 0 bridgehead atoms. The van der Waals surface area contributed by atoms with Gasteiger partial charge in [-0.15, -0.1) is 0 Å². The number of ether oxygens (including phenoxy) is 2. The molecule has 2 aromatic carbocycles. The van der Waals surface area contributed by atoms with Crippen LogP contribution in [0.4, 0.5) is 11.4 Å². The fourth-order valence-corrected chi connectivity index (χ4v) is 2.88. The number of amides is 1. The highest BCUT2D eigenvalue weighted by atomic mass is 79.9. The molecule has 0 unspecified atom stereocenters. The molecular weight excluding hydrogens is 372 g/mol. The number of hydrogen-bond acceptors (Lipinski definition) is 4. The molecule has 2 aromatic rings. The van der Waals surface area contributed by atoms with Crippen LogP contribution in [-0.4, -0.2) is 39.3 Å². The molecule has 1 aliphatic heterocycles. The van der Waals surface area contributed by atoms with Gasteiger partial charge in [0, 0.05) is 29.2 Å². The van der Waals surface area contributed by atoms with Crippen LogP contribution in [0.1, 0.15) is 10.4 Å². The highest BCUT2D eigenvalue weighted by Crippen LogP contribution is 2.31. The number of rotatable bonds is 4. The maximum absolute atomic E-state index is 12.5. The summed E-state index contributed by atoms with van der Waals surface area (Å²) in [6, 6.07) is 13.0. The minimum atomic E-state index is -0.148. The van der Waals surface area contributed by atoms with Crippen molar-refractivity contribution < 1.29 is 14.3 Å². The van der Waals surface area contributed by atoms with E-state index in [9.17, 15) is 4.79 Å². The van der Waals surface area contributed by atoms with Crippen molar-refractivity contribution in [1.82, 2.24) is 0 Å². The van der Waals surface area contributed by atoms with Crippen LogP contribution in [0.2, 0.25) is 0 Å². The molecule has 0 saturated carbocycles. The van der Waals surface area contributed by atoms with Crippen LogP contribution >= 0.6 is 15.9 Å². The molecular formula is C18H19BrN2O3. The second-order valence-electron chi connectivity index (χ2n) is 5.44. The number of benzene rings is 2.